The molecule has 7 N–H and O–H groups in total. The van der Waals surface area contributed by atoms with Crippen LogP contribution in [0.3, 0.4) is 0 Å². The quantitative estimate of drug-likeness (QED) is 0.229. The second-order valence-electron chi connectivity index (χ2n) is 5.34. The third-order valence-electron chi connectivity index (χ3n) is 3.59. The average Bonchev–Trinajstić information content (AvgIpc) is 2.54. The summed E-state index contributed by atoms with van der Waals surface area (Å²) in [6.45, 7) is -0.894. The average molecular weight is 346 g/mol. The molecule has 0 unspecified atom stereocenters. The van der Waals surface area contributed by atoms with E-state index >= 15 is 0 Å². The summed E-state index contributed by atoms with van der Waals surface area (Å²) in [6, 6.07) is 1.88. The third kappa shape index (κ3) is 3.75. The van der Waals surface area contributed by atoms with Gasteiger partial charge in [-0.1, -0.05) is 0 Å². The normalized spacial score (nSPS) is 30.2. The van der Waals surface area contributed by atoms with Crippen molar-refractivity contribution in [2.75, 3.05) is 13.2 Å². The van der Waals surface area contributed by atoms with Crippen LogP contribution in [0.15, 0.2) is 12.1 Å². The molecule has 24 heavy (non-hydrogen) atoms. The van der Waals surface area contributed by atoms with Crippen molar-refractivity contribution in [3.63, 3.8) is 0 Å². The number of phenols is 3. The lowest BCUT2D eigenvalue weighted by atomic mass is 9.99. The van der Waals surface area contributed by atoms with Gasteiger partial charge in [-0.2, -0.15) is 0 Å². The van der Waals surface area contributed by atoms with Crippen LogP contribution in [0.4, 0.5) is 0 Å². The Hall–Kier alpha value is -1.95. The van der Waals surface area contributed by atoms with Crippen LogP contribution >= 0.6 is 0 Å². The SMILES string of the molecule is O=C(COC[C@H]1O[C@@H](O)[C@H](O)[C@@H](O)[C@@H]1O)c1cc(O)c(O)c(O)c1. The van der Waals surface area contributed by atoms with Crippen molar-refractivity contribution in [2.45, 2.75) is 30.7 Å². The largest absolute Gasteiger partial charge is 0.504 e. The van der Waals surface area contributed by atoms with E-state index in [2.05, 4.69) is 0 Å². The summed E-state index contributed by atoms with van der Waals surface area (Å²) in [4.78, 5) is 11.9. The molecule has 134 valence electrons. The van der Waals surface area contributed by atoms with E-state index in [-0.39, 0.29) is 12.2 Å². The van der Waals surface area contributed by atoms with Crippen LogP contribution in [-0.2, 0) is 9.47 Å². The predicted octanol–water partition coefficient (Wildman–Crippen LogP) is -2.20. The number of Topliss-reactive ketones (excluding diaryl/α,β-unsaturated/α-hetero) is 1. The molecule has 0 radical (unpaired) electrons. The lowest BCUT2D eigenvalue weighted by Crippen LogP contribution is -2.58. The van der Waals surface area contributed by atoms with Gasteiger partial charge in [-0.3, -0.25) is 4.79 Å². The van der Waals surface area contributed by atoms with Crippen LogP contribution < -0.4 is 0 Å². The molecule has 0 aliphatic carbocycles. The Morgan fingerprint density at radius 3 is 2.17 bits per heavy atom. The zero-order valence-electron chi connectivity index (χ0n) is 12.3. The standard InChI is InChI=1S/C14H18O10/c15-6-1-5(2-7(16)10(6)18)8(17)3-23-4-9-11(19)12(20)13(21)14(22)24-9/h1-2,9,11-16,18-22H,3-4H2/t9-,11-,12+,13-,14-/m1/s1. The van der Waals surface area contributed by atoms with Crippen molar-refractivity contribution >= 4 is 5.78 Å². The molecule has 5 atom stereocenters. The second kappa shape index (κ2) is 7.30. The van der Waals surface area contributed by atoms with Crippen LogP contribution in [0, 0.1) is 0 Å². The van der Waals surface area contributed by atoms with E-state index in [1.807, 2.05) is 0 Å². The number of carbonyl (C=O) groups excluding carboxylic acids is 1. The number of aromatic hydroxyl groups is 3. The maximum absolute atomic E-state index is 11.9. The maximum atomic E-state index is 11.9. The summed E-state index contributed by atoms with van der Waals surface area (Å²) in [5.41, 5.74) is -0.122. The van der Waals surface area contributed by atoms with Crippen LogP contribution in [0.5, 0.6) is 17.2 Å². The van der Waals surface area contributed by atoms with E-state index in [1.54, 1.807) is 0 Å². The zero-order chi connectivity index (χ0) is 18.0. The van der Waals surface area contributed by atoms with Gasteiger partial charge in [0.25, 0.3) is 0 Å². The molecule has 10 heteroatoms. The van der Waals surface area contributed by atoms with E-state index in [0.29, 0.717) is 0 Å². The fourth-order valence-corrected chi connectivity index (χ4v) is 2.18. The third-order valence-corrected chi connectivity index (χ3v) is 3.59. The van der Waals surface area contributed by atoms with Crippen LogP contribution in [0.25, 0.3) is 0 Å². The van der Waals surface area contributed by atoms with Crippen molar-refractivity contribution in [1.29, 1.82) is 0 Å². The minimum Gasteiger partial charge on any atom is -0.504 e. The van der Waals surface area contributed by atoms with Crippen LogP contribution in [0.2, 0.25) is 0 Å². The highest BCUT2D eigenvalue weighted by Gasteiger charge is 2.43. The van der Waals surface area contributed by atoms with Crippen molar-refractivity contribution < 1.29 is 50.0 Å². The number of ether oxygens (including phenoxy) is 2. The Balaban J connectivity index is 1.91. The van der Waals surface area contributed by atoms with Gasteiger partial charge in [-0.05, 0) is 12.1 Å². The molecule has 0 aromatic heterocycles. The molecule has 0 spiro atoms. The summed E-state index contributed by atoms with van der Waals surface area (Å²) in [5.74, 6) is -2.76. The molecule has 1 saturated heterocycles. The summed E-state index contributed by atoms with van der Waals surface area (Å²) in [5, 5.41) is 65.8. The number of hydrogen-bond acceptors (Lipinski definition) is 10. The van der Waals surface area contributed by atoms with Crippen LogP contribution in [0.1, 0.15) is 10.4 Å². The van der Waals surface area contributed by atoms with E-state index in [4.69, 9.17) is 9.47 Å². The first kappa shape index (κ1) is 18.4. The van der Waals surface area contributed by atoms with Gasteiger partial charge in [0, 0.05) is 5.56 Å². The molecular formula is C14H18O10. The number of hydrogen-bond donors (Lipinski definition) is 7. The van der Waals surface area contributed by atoms with Gasteiger partial charge in [0.15, 0.2) is 29.3 Å². The smallest absolute Gasteiger partial charge is 0.200 e. The van der Waals surface area contributed by atoms with Gasteiger partial charge < -0.3 is 45.2 Å². The Bertz CT molecular complexity index is 580. The number of aliphatic hydroxyl groups is 4. The highest BCUT2D eigenvalue weighted by molar-refractivity contribution is 5.98. The first-order valence-electron chi connectivity index (χ1n) is 6.96. The molecular weight excluding hydrogens is 328 g/mol. The van der Waals surface area contributed by atoms with Gasteiger partial charge in [-0.15, -0.1) is 0 Å². The number of carbonyl (C=O) groups is 1. The summed E-state index contributed by atoms with van der Waals surface area (Å²) in [7, 11) is 0. The number of aliphatic hydroxyl groups excluding tert-OH is 4. The molecule has 1 fully saturated rings. The minimum absolute atomic E-state index is 0.122. The lowest BCUT2D eigenvalue weighted by Gasteiger charge is -2.38. The fourth-order valence-electron chi connectivity index (χ4n) is 2.18. The van der Waals surface area contributed by atoms with Gasteiger partial charge in [0.05, 0.1) is 6.61 Å². The summed E-state index contributed by atoms with van der Waals surface area (Å²) in [6.07, 6.45) is -7.71. The monoisotopic (exact) mass is 346 g/mol. The fraction of sp³-hybridized carbons (Fsp3) is 0.500. The molecule has 1 aromatic carbocycles. The van der Waals surface area contributed by atoms with Crippen LogP contribution in [-0.4, -0.2) is 85.4 Å². The zero-order valence-corrected chi connectivity index (χ0v) is 12.3. The molecule has 1 heterocycles. The van der Waals surface area contributed by atoms with E-state index in [0.717, 1.165) is 12.1 Å². The molecule has 10 nitrogen and oxygen atoms in total. The van der Waals surface area contributed by atoms with E-state index in [9.17, 15) is 40.5 Å². The van der Waals surface area contributed by atoms with Gasteiger partial charge >= 0.3 is 0 Å². The van der Waals surface area contributed by atoms with E-state index in [1.165, 1.54) is 0 Å². The second-order valence-corrected chi connectivity index (χ2v) is 5.34. The number of rotatable bonds is 5. The minimum atomic E-state index is -1.71. The predicted molar refractivity (Wildman–Crippen MR) is 75.5 cm³/mol. The van der Waals surface area contributed by atoms with Crippen molar-refractivity contribution in [2.24, 2.45) is 0 Å². The molecule has 2 rings (SSSR count). The Labute approximate surface area is 135 Å². The van der Waals surface area contributed by atoms with Crippen molar-refractivity contribution in [1.82, 2.24) is 0 Å². The highest BCUT2D eigenvalue weighted by atomic mass is 16.6. The Morgan fingerprint density at radius 1 is 1.00 bits per heavy atom. The maximum Gasteiger partial charge on any atom is 0.200 e. The van der Waals surface area contributed by atoms with Crippen molar-refractivity contribution in [3.05, 3.63) is 17.7 Å². The Kier molecular flexibility index (Phi) is 5.59. The first-order valence-corrected chi connectivity index (χ1v) is 6.96. The van der Waals surface area contributed by atoms with Gasteiger partial charge in [0.1, 0.15) is 31.0 Å². The molecule has 0 bridgehead atoms. The summed E-state index contributed by atoms with van der Waals surface area (Å²) < 4.78 is 9.91. The van der Waals surface area contributed by atoms with Gasteiger partial charge in [0.2, 0.25) is 0 Å². The number of benzene rings is 1. The van der Waals surface area contributed by atoms with E-state index < -0.39 is 60.3 Å². The Morgan fingerprint density at radius 2 is 1.58 bits per heavy atom. The summed E-state index contributed by atoms with van der Waals surface area (Å²) >= 11 is 0. The highest BCUT2D eigenvalue weighted by Crippen LogP contribution is 2.35. The molecule has 0 saturated carbocycles. The molecule has 1 aliphatic rings. The number of ketones is 1. The molecule has 1 aromatic rings. The lowest BCUT2D eigenvalue weighted by molar-refractivity contribution is -0.288. The van der Waals surface area contributed by atoms with Crippen molar-refractivity contribution in [3.8, 4) is 17.2 Å². The topological polar surface area (TPSA) is 177 Å². The first-order chi connectivity index (χ1) is 11.2. The number of phenolic OH excluding ortho intramolecular Hbond substituents is 3. The molecule has 0 amide bonds. The van der Waals surface area contributed by atoms with Gasteiger partial charge in [-0.25, -0.2) is 0 Å². The molecule has 1 aliphatic heterocycles.